The fourth-order valence-electron chi connectivity index (χ4n) is 5.64. The summed E-state index contributed by atoms with van der Waals surface area (Å²) in [4.78, 5) is 34.6. The molecule has 0 amide bonds. The Morgan fingerprint density at radius 3 is 1.80 bits per heavy atom. The predicted octanol–water partition coefficient (Wildman–Crippen LogP) is 12.5. The number of esters is 1. The van der Waals surface area contributed by atoms with Gasteiger partial charge in [-0.15, -0.1) is 0 Å². The lowest BCUT2D eigenvalue weighted by Gasteiger charge is -2.24. The molecule has 0 aromatic rings. The number of nitrogens with zero attached hydrogens (tertiary/aromatic N) is 1. The van der Waals surface area contributed by atoms with E-state index in [-0.39, 0.29) is 32.0 Å². The van der Waals surface area contributed by atoms with Gasteiger partial charge in [0.05, 0.1) is 34.0 Å². The maximum atomic E-state index is 12.6. The first-order chi connectivity index (χ1) is 27.0. The van der Waals surface area contributed by atoms with Crippen molar-refractivity contribution in [1.82, 2.24) is 0 Å². The summed E-state index contributed by atoms with van der Waals surface area (Å²) in [5.74, 6) is -0.234. The molecule has 0 aromatic heterocycles. The van der Waals surface area contributed by atoms with Gasteiger partial charge in [0.2, 0.25) is 0 Å². The van der Waals surface area contributed by atoms with Crippen LogP contribution in [0.3, 0.4) is 0 Å². The smallest absolute Gasteiger partial charge is 0.472 e. The molecule has 56 heavy (non-hydrogen) atoms. The summed E-state index contributed by atoms with van der Waals surface area (Å²) in [5, 5.41) is 0. The summed E-state index contributed by atoms with van der Waals surface area (Å²) < 4.78 is 34.6. The Kier molecular flexibility index (Phi) is 36.7. The average molecular weight is 809 g/mol. The molecule has 324 valence electrons. The number of quaternary nitrogens is 1. The monoisotopic (exact) mass is 809 g/mol. The van der Waals surface area contributed by atoms with Crippen molar-refractivity contribution in [2.45, 2.75) is 174 Å². The van der Waals surface area contributed by atoms with Gasteiger partial charge in [0.25, 0.3) is 0 Å². The third kappa shape index (κ3) is 41.3. The number of carbonyl (C=O) groups is 2. The molecule has 0 heterocycles. The summed E-state index contributed by atoms with van der Waals surface area (Å²) >= 11 is 0. The Labute approximate surface area is 343 Å². The van der Waals surface area contributed by atoms with Gasteiger partial charge in [0, 0.05) is 12.8 Å². The zero-order valence-corrected chi connectivity index (χ0v) is 37.2. The van der Waals surface area contributed by atoms with Crippen molar-refractivity contribution in [3.8, 4) is 0 Å². The molecule has 0 spiro atoms. The number of unbranched alkanes of at least 4 members (excludes halogenated alkanes) is 17. The number of rotatable bonds is 40. The van der Waals surface area contributed by atoms with Crippen LogP contribution in [0.25, 0.3) is 0 Å². The van der Waals surface area contributed by atoms with Gasteiger partial charge in [0.1, 0.15) is 19.8 Å². The van der Waals surface area contributed by atoms with Crippen LogP contribution in [0.5, 0.6) is 0 Å². The van der Waals surface area contributed by atoms with Crippen molar-refractivity contribution in [3.05, 3.63) is 60.9 Å². The number of phosphoric ester groups is 1. The van der Waals surface area contributed by atoms with Crippen molar-refractivity contribution in [2.24, 2.45) is 0 Å². The van der Waals surface area contributed by atoms with Crippen LogP contribution in [-0.2, 0) is 32.7 Å². The third-order valence-corrected chi connectivity index (χ3v) is 10.1. The zero-order valence-electron chi connectivity index (χ0n) is 36.3. The fourth-order valence-corrected chi connectivity index (χ4v) is 6.38. The van der Waals surface area contributed by atoms with E-state index in [9.17, 15) is 19.0 Å². The Bertz CT molecular complexity index is 1140. The summed E-state index contributed by atoms with van der Waals surface area (Å²) in [6, 6.07) is 0. The molecule has 0 bridgehead atoms. The first kappa shape index (κ1) is 53.7. The van der Waals surface area contributed by atoms with E-state index in [1.807, 2.05) is 51.5 Å². The maximum absolute atomic E-state index is 12.6. The van der Waals surface area contributed by atoms with E-state index in [1.54, 1.807) is 12.3 Å². The molecule has 0 aliphatic rings. The van der Waals surface area contributed by atoms with Crippen LogP contribution in [0.4, 0.5) is 0 Å². The quantitative estimate of drug-likeness (QED) is 0.00953. The SMILES string of the molecule is CCCCCCCCCCCCCCCC/C=C/OC[C@H](COP(=O)(O)OCC[N+](C)(C)C)OC(=O)CCC/C=C\C/C=C\C/C=C\C=C\C(=O)CCCCC. The lowest BCUT2D eigenvalue weighted by Crippen LogP contribution is -2.37. The largest absolute Gasteiger partial charge is 0.498 e. The summed E-state index contributed by atoms with van der Waals surface area (Å²) in [6.45, 7) is 4.68. The van der Waals surface area contributed by atoms with Crippen molar-refractivity contribution in [3.63, 3.8) is 0 Å². The molecule has 0 aromatic carbocycles. The Morgan fingerprint density at radius 2 is 1.18 bits per heavy atom. The fraction of sp³-hybridized carbons (Fsp3) is 0.739. The highest BCUT2D eigenvalue weighted by Crippen LogP contribution is 2.43. The van der Waals surface area contributed by atoms with Gasteiger partial charge >= 0.3 is 13.8 Å². The van der Waals surface area contributed by atoms with E-state index in [4.69, 9.17) is 18.5 Å². The van der Waals surface area contributed by atoms with Gasteiger partial charge in [-0.3, -0.25) is 18.6 Å². The normalized spacial score (nSPS) is 14.2. The lowest BCUT2D eigenvalue weighted by atomic mass is 10.0. The van der Waals surface area contributed by atoms with Gasteiger partial charge < -0.3 is 18.9 Å². The number of hydrogen-bond acceptors (Lipinski definition) is 7. The van der Waals surface area contributed by atoms with Gasteiger partial charge in [-0.1, -0.05) is 153 Å². The molecule has 0 aliphatic heterocycles. The van der Waals surface area contributed by atoms with Crippen LogP contribution >= 0.6 is 7.82 Å². The second-order valence-electron chi connectivity index (χ2n) is 15.8. The van der Waals surface area contributed by atoms with Crippen LogP contribution in [0.15, 0.2) is 60.9 Å². The molecular formula is C46H83NO8P+. The van der Waals surface area contributed by atoms with E-state index < -0.39 is 19.9 Å². The molecule has 2 atom stereocenters. The van der Waals surface area contributed by atoms with Crippen molar-refractivity contribution < 1.29 is 42.1 Å². The van der Waals surface area contributed by atoms with Crippen molar-refractivity contribution >= 4 is 19.6 Å². The molecule has 0 saturated heterocycles. The van der Waals surface area contributed by atoms with Crippen LogP contribution in [-0.4, -0.2) is 74.7 Å². The predicted molar refractivity (Wildman–Crippen MR) is 233 cm³/mol. The molecule has 0 fully saturated rings. The van der Waals surface area contributed by atoms with Crippen LogP contribution < -0.4 is 0 Å². The van der Waals surface area contributed by atoms with Gasteiger partial charge in [-0.05, 0) is 57.1 Å². The van der Waals surface area contributed by atoms with E-state index in [0.717, 1.165) is 51.4 Å². The van der Waals surface area contributed by atoms with E-state index >= 15 is 0 Å². The number of ether oxygens (including phenoxy) is 2. The van der Waals surface area contributed by atoms with E-state index in [0.29, 0.717) is 23.9 Å². The number of carbonyl (C=O) groups excluding carboxylic acids is 2. The Morgan fingerprint density at radius 1 is 0.625 bits per heavy atom. The highest BCUT2D eigenvalue weighted by Gasteiger charge is 2.26. The molecule has 0 aliphatic carbocycles. The van der Waals surface area contributed by atoms with Crippen LogP contribution in [0.2, 0.25) is 0 Å². The minimum Gasteiger partial charge on any atom is -0.498 e. The highest BCUT2D eigenvalue weighted by molar-refractivity contribution is 7.47. The number of likely N-dealkylation sites (N-methyl/N-ethyl adjacent to an activating group) is 1. The second-order valence-corrected chi connectivity index (χ2v) is 17.3. The van der Waals surface area contributed by atoms with E-state index in [1.165, 1.54) is 83.5 Å². The lowest BCUT2D eigenvalue weighted by molar-refractivity contribution is -0.870. The molecular weight excluding hydrogens is 725 g/mol. The summed E-state index contributed by atoms with van der Waals surface area (Å²) in [6.07, 6.45) is 44.8. The molecule has 1 unspecified atom stereocenters. The van der Waals surface area contributed by atoms with E-state index in [2.05, 4.69) is 32.1 Å². The first-order valence-corrected chi connectivity index (χ1v) is 23.5. The average Bonchev–Trinajstić information content (AvgIpc) is 3.14. The molecule has 0 radical (unpaired) electrons. The molecule has 0 saturated carbocycles. The molecule has 10 heteroatoms. The van der Waals surface area contributed by atoms with Crippen molar-refractivity contribution in [2.75, 3.05) is 47.5 Å². The third-order valence-electron chi connectivity index (χ3n) is 9.12. The van der Waals surface area contributed by atoms with Gasteiger partial charge in [-0.25, -0.2) is 4.57 Å². The van der Waals surface area contributed by atoms with Gasteiger partial charge in [0.15, 0.2) is 11.9 Å². The first-order valence-electron chi connectivity index (χ1n) is 22.0. The minimum atomic E-state index is -4.32. The number of hydrogen-bond donors (Lipinski definition) is 1. The zero-order chi connectivity index (χ0) is 41.4. The number of allylic oxidation sites excluding steroid dienone is 9. The van der Waals surface area contributed by atoms with Gasteiger partial charge in [-0.2, -0.15) is 0 Å². The highest BCUT2D eigenvalue weighted by atomic mass is 31.2. The minimum absolute atomic E-state index is 0.00868. The molecule has 1 N–H and O–H groups in total. The standard InChI is InChI=1S/C46H82NO8P/c1-6-8-10-11-12-13-14-15-16-17-18-22-25-28-31-35-40-52-42-45(43-54-56(50,51)53-41-39-47(3,4)5)55-46(49)38-34-30-27-24-21-19-20-23-26-29-33-37-44(48)36-32-9-7-2/h19-20,24,26-27,29,33,35,37,40,45H,6-18,21-23,25,28,30-32,34,36,38-39,41-43H2,1-5H3/p+1/b20-19-,27-24-,29-26-,37-33+,40-35+/t45-/m1/s1. The van der Waals surface area contributed by atoms with Crippen LogP contribution in [0.1, 0.15) is 168 Å². The van der Waals surface area contributed by atoms with Crippen molar-refractivity contribution in [1.29, 1.82) is 0 Å². The Hall–Kier alpha value is -2.29. The molecule has 0 rings (SSSR count). The van der Waals surface area contributed by atoms with Crippen LogP contribution in [0, 0.1) is 0 Å². The number of phosphoric acid groups is 1. The Balaban J connectivity index is 4.44. The summed E-state index contributed by atoms with van der Waals surface area (Å²) in [5.41, 5.74) is 0. The topological polar surface area (TPSA) is 108 Å². The number of ketones is 1. The summed E-state index contributed by atoms with van der Waals surface area (Å²) in [7, 11) is 1.56. The molecule has 9 nitrogen and oxygen atoms in total. The maximum Gasteiger partial charge on any atom is 0.472 e. The second kappa shape index (κ2) is 38.2.